The number of para-hydroxylation sites is 1. The first-order valence-corrected chi connectivity index (χ1v) is 10.9. The summed E-state index contributed by atoms with van der Waals surface area (Å²) in [6, 6.07) is 10.9. The van der Waals surface area contributed by atoms with Crippen LogP contribution in [-0.2, 0) is 4.79 Å². The van der Waals surface area contributed by atoms with Crippen molar-refractivity contribution in [3.63, 3.8) is 0 Å². The van der Waals surface area contributed by atoms with Crippen LogP contribution in [0.15, 0.2) is 45.8 Å². The predicted molar refractivity (Wildman–Crippen MR) is 124 cm³/mol. The zero-order chi connectivity index (χ0) is 21.0. The van der Waals surface area contributed by atoms with Gasteiger partial charge in [-0.25, -0.2) is 0 Å². The molecule has 0 bridgehead atoms. The second-order valence-corrected chi connectivity index (χ2v) is 8.84. The van der Waals surface area contributed by atoms with Gasteiger partial charge in [0.2, 0.25) is 0 Å². The molecule has 0 unspecified atom stereocenters. The fourth-order valence-corrected chi connectivity index (χ4v) is 4.46. The Morgan fingerprint density at radius 3 is 2.59 bits per heavy atom. The van der Waals surface area contributed by atoms with E-state index in [1.165, 1.54) is 16.7 Å². The molecule has 2 aromatic carbocycles. The fourth-order valence-electron chi connectivity index (χ4n) is 2.52. The molecule has 1 aliphatic rings. The van der Waals surface area contributed by atoms with Gasteiger partial charge in [-0.05, 0) is 51.8 Å². The topological polar surface area (TPSA) is 48.0 Å². The lowest BCUT2D eigenvalue weighted by Crippen LogP contribution is -2.22. The van der Waals surface area contributed by atoms with Gasteiger partial charge in [-0.3, -0.25) is 9.69 Å². The van der Waals surface area contributed by atoms with E-state index in [2.05, 4.69) is 15.9 Å². The van der Waals surface area contributed by atoms with Crippen LogP contribution in [0.5, 0.6) is 17.2 Å². The molecule has 1 heterocycles. The SMILES string of the molecule is COc1cc(C=C2SC(=S)N(C)C2=O)cc(Br)c1OCCOc1ccccc1Cl. The molecule has 0 radical (unpaired) electrons. The van der Waals surface area contributed by atoms with E-state index in [0.29, 0.717) is 49.2 Å². The van der Waals surface area contributed by atoms with Gasteiger partial charge in [-0.15, -0.1) is 0 Å². The summed E-state index contributed by atoms with van der Waals surface area (Å²) in [5.74, 6) is 1.57. The monoisotopic (exact) mass is 513 g/mol. The predicted octanol–water partition coefficient (Wildman–Crippen LogP) is 5.40. The molecule has 3 rings (SSSR count). The summed E-state index contributed by atoms with van der Waals surface area (Å²) in [6.07, 6.45) is 1.78. The Morgan fingerprint density at radius 2 is 1.93 bits per heavy atom. The number of hydrogen-bond acceptors (Lipinski definition) is 6. The lowest BCUT2D eigenvalue weighted by Gasteiger charge is -2.14. The molecule has 1 saturated heterocycles. The molecule has 1 aliphatic heterocycles. The summed E-state index contributed by atoms with van der Waals surface area (Å²) in [4.78, 5) is 14.2. The van der Waals surface area contributed by atoms with E-state index in [4.69, 9.17) is 38.0 Å². The molecule has 1 amide bonds. The third-order valence-corrected chi connectivity index (χ3v) is 6.35. The number of nitrogens with zero attached hydrogens (tertiary/aromatic N) is 1. The van der Waals surface area contributed by atoms with E-state index in [1.54, 1.807) is 38.4 Å². The van der Waals surface area contributed by atoms with E-state index in [0.717, 1.165) is 5.56 Å². The van der Waals surface area contributed by atoms with Crippen LogP contribution in [0.2, 0.25) is 5.02 Å². The summed E-state index contributed by atoms with van der Waals surface area (Å²) < 4.78 is 18.2. The van der Waals surface area contributed by atoms with Gasteiger partial charge in [0.05, 0.1) is 21.5 Å². The van der Waals surface area contributed by atoms with Crippen molar-refractivity contribution in [1.29, 1.82) is 0 Å². The normalized spacial score (nSPS) is 15.2. The molecule has 9 heteroatoms. The number of halogens is 2. The van der Waals surface area contributed by atoms with Crippen LogP contribution < -0.4 is 14.2 Å². The number of carbonyl (C=O) groups is 1. The van der Waals surface area contributed by atoms with Gasteiger partial charge in [0, 0.05) is 7.05 Å². The maximum Gasteiger partial charge on any atom is 0.265 e. The molecule has 2 aromatic rings. The first kappa shape index (κ1) is 22.0. The Morgan fingerprint density at radius 1 is 1.21 bits per heavy atom. The van der Waals surface area contributed by atoms with Gasteiger partial charge in [-0.1, -0.05) is 47.7 Å². The van der Waals surface area contributed by atoms with Crippen molar-refractivity contribution in [2.75, 3.05) is 27.4 Å². The first-order valence-electron chi connectivity index (χ1n) is 8.50. The molecule has 0 aliphatic carbocycles. The number of hydrogen-bond donors (Lipinski definition) is 0. The number of amides is 1. The third-order valence-electron chi connectivity index (χ3n) is 3.96. The van der Waals surface area contributed by atoms with Crippen molar-refractivity contribution in [1.82, 2.24) is 4.90 Å². The van der Waals surface area contributed by atoms with Crippen molar-refractivity contribution in [3.8, 4) is 17.2 Å². The molecule has 152 valence electrons. The maximum absolute atomic E-state index is 12.2. The zero-order valence-electron chi connectivity index (χ0n) is 15.6. The Kier molecular flexibility index (Phi) is 7.45. The maximum atomic E-state index is 12.2. The lowest BCUT2D eigenvalue weighted by atomic mass is 10.2. The van der Waals surface area contributed by atoms with Crippen LogP contribution in [0.3, 0.4) is 0 Å². The zero-order valence-corrected chi connectivity index (χ0v) is 19.6. The molecule has 0 N–H and O–H groups in total. The van der Waals surface area contributed by atoms with Crippen molar-refractivity contribution in [2.24, 2.45) is 0 Å². The molecule has 0 spiro atoms. The summed E-state index contributed by atoms with van der Waals surface area (Å²) in [5, 5.41) is 0.549. The number of ether oxygens (including phenoxy) is 3. The first-order chi connectivity index (χ1) is 13.9. The third kappa shape index (κ3) is 5.25. The van der Waals surface area contributed by atoms with Gasteiger partial charge >= 0.3 is 0 Å². The smallest absolute Gasteiger partial charge is 0.265 e. The second kappa shape index (κ2) is 9.84. The molecule has 5 nitrogen and oxygen atoms in total. The Balaban J connectivity index is 1.69. The molecule has 1 fully saturated rings. The van der Waals surface area contributed by atoms with Crippen LogP contribution in [0.1, 0.15) is 5.56 Å². The number of benzene rings is 2. The van der Waals surface area contributed by atoms with Crippen molar-refractivity contribution in [2.45, 2.75) is 0 Å². The number of likely N-dealkylation sites (N-methyl/N-ethyl adjacent to an activating group) is 1. The molecular formula is C20H17BrClNO4S2. The number of thioether (sulfide) groups is 1. The number of carbonyl (C=O) groups excluding carboxylic acids is 1. The Labute approximate surface area is 192 Å². The van der Waals surface area contributed by atoms with E-state index < -0.39 is 0 Å². The van der Waals surface area contributed by atoms with Gasteiger partial charge in [-0.2, -0.15) is 0 Å². The average molecular weight is 515 g/mol. The highest BCUT2D eigenvalue weighted by atomic mass is 79.9. The van der Waals surface area contributed by atoms with Gasteiger partial charge in [0.1, 0.15) is 23.3 Å². The molecule has 0 atom stereocenters. The van der Waals surface area contributed by atoms with Crippen LogP contribution in [0.25, 0.3) is 6.08 Å². The highest BCUT2D eigenvalue weighted by Gasteiger charge is 2.28. The van der Waals surface area contributed by atoms with Crippen molar-refractivity contribution < 1.29 is 19.0 Å². The molecule has 29 heavy (non-hydrogen) atoms. The fraction of sp³-hybridized carbons (Fsp3) is 0.200. The minimum atomic E-state index is -0.118. The molecule has 0 saturated carbocycles. The standard InChI is InChI=1S/C20H17BrClNO4S2/c1-23-19(24)17(29-20(23)28)11-12-9-13(21)18(16(10-12)25-2)27-8-7-26-15-6-4-3-5-14(15)22/h3-6,9-11H,7-8H2,1-2H3. The Hall–Kier alpha value is -1.74. The summed E-state index contributed by atoms with van der Waals surface area (Å²) in [5.41, 5.74) is 0.794. The highest BCUT2D eigenvalue weighted by Crippen LogP contribution is 2.39. The van der Waals surface area contributed by atoms with Crippen molar-refractivity contribution >= 4 is 67.8 Å². The number of methoxy groups -OCH3 is 1. The summed E-state index contributed by atoms with van der Waals surface area (Å²) in [6.45, 7) is 0.619. The minimum absolute atomic E-state index is 0.118. The highest BCUT2D eigenvalue weighted by molar-refractivity contribution is 9.10. The Bertz CT molecular complexity index is 983. The van der Waals surface area contributed by atoms with E-state index in [1.807, 2.05) is 18.2 Å². The number of thiocarbonyl (C=S) groups is 1. The van der Waals surface area contributed by atoms with Crippen LogP contribution in [0, 0.1) is 0 Å². The van der Waals surface area contributed by atoms with Crippen LogP contribution in [-0.4, -0.2) is 42.5 Å². The van der Waals surface area contributed by atoms with Crippen LogP contribution >= 0.6 is 51.5 Å². The van der Waals surface area contributed by atoms with Crippen molar-refractivity contribution in [3.05, 3.63) is 56.4 Å². The average Bonchev–Trinajstić information content (AvgIpc) is 2.94. The quantitative estimate of drug-likeness (QED) is 0.280. The number of rotatable bonds is 7. The van der Waals surface area contributed by atoms with Crippen LogP contribution in [0.4, 0.5) is 0 Å². The van der Waals surface area contributed by atoms with Gasteiger partial charge < -0.3 is 14.2 Å². The van der Waals surface area contributed by atoms with Gasteiger partial charge in [0.15, 0.2) is 11.5 Å². The lowest BCUT2D eigenvalue weighted by molar-refractivity contribution is -0.121. The van der Waals surface area contributed by atoms with Gasteiger partial charge in [0.25, 0.3) is 5.91 Å². The molecular weight excluding hydrogens is 498 g/mol. The van der Waals surface area contributed by atoms with E-state index in [9.17, 15) is 4.79 Å². The minimum Gasteiger partial charge on any atom is -0.493 e. The molecule has 0 aromatic heterocycles. The second-order valence-electron chi connectivity index (χ2n) is 5.90. The largest absolute Gasteiger partial charge is 0.493 e. The summed E-state index contributed by atoms with van der Waals surface area (Å²) >= 11 is 16.0. The summed E-state index contributed by atoms with van der Waals surface area (Å²) in [7, 11) is 3.22. The van der Waals surface area contributed by atoms with E-state index >= 15 is 0 Å². The van der Waals surface area contributed by atoms with E-state index in [-0.39, 0.29) is 5.91 Å².